The zero-order valence-corrected chi connectivity index (χ0v) is 35.7. The Bertz CT molecular complexity index is 2870. The van der Waals surface area contributed by atoms with Crippen LogP contribution in [0.3, 0.4) is 0 Å². The van der Waals surface area contributed by atoms with E-state index in [4.69, 9.17) is 21.4 Å². The number of aromatic nitrogens is 2. The number of aryl methyl sites for hydroxylation is 2. The molecular weight excluding hydrogens is 842 g/mol. The second kappa shape index (κ2) is 14.2. The van der Waals surface area contributed by atoms with Crippen molar-refractivity contribution >= 4 is 85.2 Å². The van der Waals surface area contributed by atoms with E-state index in [9.17, 15) is 34.9 Å². The second-order valence-corrected chi connectivity index (χ2v) is 18.0. The summed E-state index contributed by atoms with van der Waals surface area (Å²) in [5.41, 5.74) is -1.14. The number of benzene rings is 3. The average Bonchev–Trinajstić information content (AvgIpc) is 3.90. The predicted molar refractivity (Wildman–Crippen MR) is 230 cm³/mol. The van der Waals surface area contributed by atoms with Gasteiger partial charge in [0.1, 0.15) is 23.0 Å². The summed E-state index contributed by atoms with van der Waals surface area (Å²) in [6.07, 6.45) is 1.77. The van der Waals surface area contributed by atoms with E-state index in [1.54, 1.807) is 44.3 Å². The molecular formula is C43H38ClN7O10S. The molecule has 6 atom stereocenters. The lowest BCUT2D eigenvalue weighted by molar-refractivity contribution is -0.392. The smallest absolute Gasteiger partial charge is 0.301 e. The molecule has 62 heavy (non-hydrogen) atoms. The fourth-order valence-electron chi connectivity index (χ4n) is 10.4. The molecule has 9 rings (SSSR count). The van der Waals surface area contributed by atoms with Crippen molar-refractivity contribution in [3.63, 3.8) is 0 Å². The third kappa shape index (κ3) is 5.68. The molecule has 2 aliphatic carbocycles. The summed E-state index contributed by atoms with van der Waals surface area (Å²) in [6.45, 7) is 3.64. The minimum absolute atomic E-state index is 0.0162. The number of halogens is 1. The number of phenolic OH excluding ortho intramolecular Hbond substituents is 1. The molecule has 0 radical (unpaired) electrons. The van der Waals surface area contributed by atoms with Crippen molar-refractivity contribution in [1.29, 1.82) is 0 Å². The molecule has 3 fully saturated rings. The van der Waals surface area contributed by atoms with Crippen molar-refractivity contribution in [3.8, 4) is 22.1 Å². The van der Waals surface area contributed by atoms with E-state index in [0.717, 1.165) is 42.5 Å². The van der Waals surface area contributed by atoms with E-state index in [0.29, 0.717) is 27.6 Å². The molecule has 2 aromatic heterocycles. The van der Waals surface area contributed by atoms with Crippen LogP contribution in [0.1, 0.15) is 36.8 Å². The lowest BCUT2D eigenvalue weighted by Gasteiger charge is -2.49. The molecule has 1 N–H and O–H groups in total. The Morgan fingerprint density at radius 1 is 0.952 bits per heavy atom. The number of carbonyl (C=O) groups is 4. The number of rotatable bonds is 8. The number of allylic oxidation sites excluding steroid dienone is 2. The number of amides is 4. The number of hydrogen-bond acceptors (Lipinski definition) is 13. The fraction of sp³-hybridized carbons (Fsp3) is 0.326. The number of nitrogens with zero attached hydrogens (tertiary/aromatic N) is 7. The highest BCUT2D eigenvalue weighted by atomic mass is 35.5. The zero-order chi connectivity index (χ0) is 44.4. The van der Waals surface area contributed by atoms with Crippen LogP contribution in [-0.4, -0.2) is 69.6 Å². The third-order valence-corrected chi connectivity index (χ3v) is 14.7. The SMILES string of the molecule is COc1ccc([C@H]2C3=CC[C@@H]4C(=O)N(c5cc([N+](=O)[O-])c(N(C)C)c([N+](=O)[O-])c5)C(=O)[C@@H]4[C@@H]3C[C@H]3C(=O)N(c4cc(-c5sc6ccc(Cl)cc6c5C)nn4C)C(=O)[C@@]23C)c(O)c1. The quantitative estimate of drug-likeness (QED) is 0.0704. The van der Waals surface area contributed by atoms with E-state index < -0.39 is 79.9 Å². The van der Waals surface area contributed by atoms with E-state index >= 15 is 9.59 Å². The lowest BCUT2D eigenvalue weighted by Crippen LogP contribution is -2.49. The third-order valence-electron chi connectivity index (χ3n) is 13.2. The van der Waals surface area contributed by atoms with Gasteiger partial charge in [-0.3, -0.25) is 44.1 Å². The van der Waals surface area contributed by atoms with Gasteiger partial charge in [0.15, 0.2) is 5.69 Å². The van der Waals surface area contributed by atoms with Crippen LogP contribution >= 0.6 is 22.9 Å². The Balaban J connectivity index is 1.16. The Kier molecular flexibility index (Phi) is 9.33. The Morgan fingerprint density at radius 2 is 1.65 bits per heavy atom. The summed E-state index contributed by atoms with van der Waals surface area (Å²) < 4.78 is 7.82. The topological polar surface area (TPSA) is 212 Å². The maximum Gasteiger partial charge on any atom is 0.301 e. The van der Waals surface area contributed by atoms with Crippen molar-refractivity contribution in [2.24, 2.45) is 36.1 Å². The standard InChI is InChI=1S/C43H38ClN7O10S/c1-19-26-13-20(44)7-12-33(26)62-38(19)29-18-34(47(5)45-29)49-40(54)28-17-27-23(36(43(28,2)42(49)56)24-9-8-22(61-6)16-32(24)52)10-11-25-35(27)41(55)48(39(25)53)21-14-30(50(57)58)37(46(3)4)31(15-21)51(59)60/h7-10,12-16,18,25,27-28,35-36,52H,11,17H2,1-6H3/t25-,27+,28-,35-,36+,43+/m0/s1. The number of methoxy groups -OCH3 is 1. The number of nitro benzene ring substituents is 2. The zero-order valence-electron chi connectivity index (χ0n) is 34.1. The number of anilines is 3. The first-order valence-electron chi connectivity index (χ1n) is 19.6. The molecule has 318 valence electrons. The molecule has 0 unspecified atom stereocenters. The van der Waals surface area contributed by atoms with Gasteiger partial charge < -0.3 is 14.7 Å². The summed E-state index contributed by atoms with van der Waals surface area (Å²) in [5.74, 6) is -7.15. The fourth-order valence-corrected chi connectivity index (χ4v) is 11.7. The van der Waals surface area contributed by atoms with Crippen LogP contribution in [0.15, 0.2) is 66.2 Å². The van der Waals surface area contributed by atoms with Crippen LogP contribution in [0.2, 0.25) is 5.02 Å². The van der Waals surface area contributed by atoms with Crippen molar-refractivity contribution in [1.82, 2.24) is 9.78 Å². The molecule has 0 spiro atoms. The first kappa shape index (κ1) is 40.7. The average molecular weight is 880 g/mol. The van der Waals surface area contributed by atoms with Gasteiger partial charge in [-0.1, -0.05) is 29.3 Å². The Labute approximate surface area is 362 Å². The van der Waals surface area contributed by atoms with Gasteiger partial charge >= 0.3 is 11.4 Å². The van der Waals surface area contributed by atoms with Crippen molar-refractivity contribution in [2.75, 3.05) is 35.9 Å². The van der Waals surface area contributed by atoms with Gasteiger partial charge in [0.05, 0.1) is 50.7 Å². The van der Waals surface area contributed by atoms with Crippen LogP contribution in [-0.2, 0) is 26.2 Å². The number of phenols is 1. The highest BCUT2D eigenvalue weighted by Gasteiger charge is 2.68. The molecule has 2 aliphatic heterocycles. The first-order chi connectivity index (χ1) is 29.4. The highest BCUT2D eigenvalue weighted by Crippen LogP contribution is 2.65. The molecule has 3 aromatic carbocycles. The van der Waals surface area contributed by atoms with Gasteiger partial charge in [0.2, 0.25) is 23.6 Å². The van der Waals surface area contributed by atoms with Crippen LogP contribution in [0.5, 0.6) is 11.5 Å². The minimum Gasteiger partial charge on any atom is -0.508 e. The Hall–Kier alpha value is -6.66. The molecule has 1 saturated carbocycles. The second-order valence-electron chi connectivity index (χ2n) is 16.5. The molecule has 4 aliphatic rings. The van der Waals surface area contributed by atoms with Gasteiger partial charge in [-0.15, -0.1) is 11.3 Å². The molecule has 2 saturated heterocycles. The monoisotopic (exact) mass is 879 g/mol. The van der Waals surface area contributed by atoms with Gasteiger partial charge in [-0.2, -0.15) is 5.10 Å². The Morgan fingerprint density at radius 3 is 2.27 bits per heavy atom. The number of nitro groups is 2. The summed E-state index contributed by atoms with van der Waals surface area (Å²) in [5, 5.41) is 42.4. The number of thiophene rings is 1. The van der Waals surface area contributed by atoms with E-state index in [1.165, 1.54) is 48.2 Å². The molecule has 4 heterocycles. The van der Waals surface area contributed by atoms with Gasteiger partial charge in [-0.25, -0.2) is 9.80 Å². The van der Waals surface area contributed by atoms with Crippen LogP contribution in [0.25, 0.3) is 20.7 Å². The van der Waals surface area contributed by atoms with Gasteiger partial charge in [0.25, 0.3) is 0 Å². The summed E-state index contributed by atoms with van der Waals surface area (Å²) in [7, 11) is 5.89. The predicted octanol–water partition coefficient (Wildman–Crippen LogP) is 7.30. The number of hydrogen-bond donors (Lipinski definition) is 1. The van der Waals surface area contributed by atoms with Crippen molar-refractivity contribution in [3.05, 3.63) is 103 Å². The number of aromatic hydroxyl groups is 1. The number of imide groups is 2. The van der Waals surface area contributed by atoms with E-state index in [2.05, 4.69) is 0 Å². The number of carbonyl (C=O) groups excluding carboxylic acids is 4. The summed E-state index contributed by atoms with van der Waals surface area (Å²) >= 11 is 7.81. The summed E-state index contributed by atoms with van der Waals surface area (Å²) in [4.78, 5) is 86.1. The van der Waals surface area contributed by atoms with E-state index in [1.807, 2.05) is 19.1 Å². The summed E-state index contributed by atoms with van der Waals surface area (Å²) in [6, 6.07) is 13.9. The maximum absolute atomic E-state index is 15.2. The minimum atomic E-state index is -1.51. The number of fused-ring (bicyclic) bond motifs is 5. The highest BCUT2D eigenvalue weighted by molar-refractivity contribution is 7.22. The first-order valence-corrected chi connectivity index (χ1v) is 20.8. The molecule has 19 heteroatoms. The molecule has 5 aromatic rings. The van der Waals surface area contributed by atoms with Gasteiger partial charge in [0, 0.05) is 66.6 Å². The van der Waals surface area contributed by atoms with Gasteiger partial charge in [-0.05, 0) is 67.8 Å². The molecule has 4 amide bonds. The largest absolute Gasteiger partial charge is 0.508 e. The van der Waals surface area contributed by atoms with Crippen LogP contribution in [0.4, 0.5) is 28.6 Å². The molecule has 17 nitrogen and oxygen atoms in total. The number of ether oxygens (including phenoxy) is 1. The molecule has 0 bridgehead atoms. The van der Waals surface area contributed by atoms with Crippen LogP contribution < -0.4 is 19.4 Å². The lowest BCUT2D eigenvalue weighted by atomic mass is 9.51. The van der Waals surface area contributed by atoms with Crippen molar-refractivity contribution in [2.45, 2.75) is 32.6 Å². The van der Waals surface area contributed by atoms with E-state index in [-0.39, 0.29) is 35.8 Å². The maximum atomic E-state index is 15.2. The van der Waals surface area contributed by atoms with Crippen LogP contribution in [0, 0.1) is 56.2 Å². The normalized spacial score (nSPS) is 24.3. The van der Waals surface area contributed by atoms with Crippen molar-refractivity contribution < 1.29 is 38.9 Å².